The number of benzene rings is 3. The zero-order valence-electron chi connectivity index (χ0n) is 17.6. The van der Waals surface area contributed by atoms with E-state index in [4.69, 9.17) is 4.74 Å². The third-order valence-corrected chi connectivity index (χ3v) is 5.10. The van der Waals surface area contributed by atoms with Crippen LogP contribution in [-0.2, 0) is 0 Å². The van der Waals surface area contributed by atoms with Crippen LogP contribution in [0.15, 0.2) is 79.1 Å². The highest BCUT2D eigenvalue weighted by Crippen LogP contribution is 2.35. The third-order valence-electron chi connectivity index (χ3n) is 5.10. The van der Waals surface area contributed by atoms with Crippen LogP contribution in [0.2, 0.25) is 0 Å². The molecule has 0 unspecified atom stereocenters. The van der Waals surface area contributed by atoms with Gasteiger partial charge in [-0.1, -0.05) is 36.4 Å². The normalized spacial score (nSPS) is 11.0. The van der Waals surface area contributed by atoms with Crippen LogP contribution in [0.3, 0.4) is 0 Å². The first kappa shape index (κ1) is 19.7. The maximum absolute atomic E-state index is 15.1. The number of anilines is 2. The lowest BCUT2D eigenvalue weighted by Gasteiger charge is -2.15. The molecule has 7 heteroatoms. The Morgan fingerprint density at radius 1 is 0.906 bits per heavy atom. The van der Waals surface area contributed by atoms with Gasteiger partial charge in [-0.15, -0.1) is 0 Å². The molecule has 0 aliphatic carbocycles. The van der Waals surface area contributed by atoms with Gasteiger partial charge in [-0.2, -0.15) is 10.1 Å². The molecule has 0 saturated heterocycles. The molecule has 0 aliphatic heterocycles. The number of halogens is 1. The zero-order chi connectivity index (χ0) is 22.1. The van der Waals surface area contributed by atoms with Gasteiger partial charge in [0.25, 0.3) is 5.95 Å². The van der Waals surface area contributed by atoms with Gasteiger partial charge in [0.2, 0.25) is 0 Å². The first-order chi connectivity index (χ1) is 15.6. The van der Waals surface area contributed by atoms with Crippen LogP contribution in [0, 0.1) is 19.7 Å². The predicted molar refractivity (Wildman–Crippen MR) is 122 cm³/mol. The summed E-state index contributed by atoms with van der Waals surface area (Å²) in [5, 5.41) is 8.15. The second kappa shape index (κ2) is 8.11. The molecule has 2 heterocycles. The van der Waals surface area contributed by atoms with Crippen molar-refractivity contribution >= 4 is 22.4 Å². The molecular weight excluding hydrogens is 405 g/mol. The van der Waals surface area contributed by atoms with Crippen LogP contribution in [0.25, 0.3) is 16.9 Å². The molecule has 32 heavy (non-hydrogen) atoms. The van der Waals surface area contributed by atoms with Crippen molar-refractivity contribution in [2.24, 2.45) is 0 Å². The van der Waals surface area contributed by atoms with Gasteiger partial charge >= 0.3 is 0 Å². The Balaban J connectivity index is 1.66. The topological polar surface area (TPSA) is 64.9 Å². The molecule has 5 aromatic rings. The van der Waals surface area contributed by atoms with Crippen molar-refractivity contribution < 1.29 is 9.13 Å². The molecule has 1 N–H and O–H groups in total. The summed E-state index contributed by atoms with van der Waals surface area (Å²) in [4.78, 5) is 9.17. The number of ether oxygens (including phenoxy) is 1. The number of para-hydroxylation sites is 2. The minimum absolute atomic E-state index is 0.112. The summed E-state index contributed by atoms with van der Waals surface area (Å²) in [7, 11) is 0. The maximum Gasteiger partial charge on any atom is 0.253 e. The summed E-state index contributed by atoms with van der Waals surface area (Å²) < 4.78 is 22.6. The number of nitrogens with one attached hydrogen (secondary N) is 1. The van der Waals surface area contributed by atoms with Crippen molar-refractivity contribution in [1.82, 2.24) is 19.7 Å². The monoisotopic (exact) mass is 425 g/mol. The third kappa shape index (κ3) is 3.76. The Morgan fingerprint density at radius 3 is 2.41 bits per heavy atom. The summed E-state index contributed by atoms with van der Waals surface area (Å²) in [5.41, 5.74) is 3.14. The highest BCUT2D eigenvalue weighted by Gasteiger charge is 2.16. The van der Waals surface area contributed by atoms with E-state index >= 15 is 4.39 Å². The van der Waals surface area contributed by atoms with Gasteiger partial charge in [0.1, 0.15) is 11.6 Å². The Kier molecular flexibility index (Phi) is 4.99. The second-order valence-electron chi connectivity index (χ2n) is 7.44. The molecule has 6 nitrogen and oxygen atoms in total. The van der Waals surface area contributed by atoms with Crippen molar-refractivity contribution in [2.75, 3.05) is 5.32 Å². The number of hydrogen-bond acceptors (Lipinski definition) is 5. The lowest BCUT2D eigenvalue weighted by molar-refractivity contribution is 0.438. The molecule has 5 rings (SSSR count). The quantitative estimate of drug-likeness (QED) is 0.368. The average Bonchev–Trinajstić information content (AvgIpc) is 3.32. The van der Waals surface area contributed by atoms with E-state index in [-0.39, 0.29) is 5.75 Å². The fraction of sp³-hybridized carbons (Fsp3) is 0.0800. The number of fused-ring (bicyclic) bond motifs is 1. The van der Waals surface area contributed by atoms with Crippen molar-refractivity contribution in [3.8, 4) is 17.4 Å². The lowest BCUT2D eigenvalue weighted by atomic mass is 10.1. The Hall–Kier alpha value is -4.26. The number of rotatable bonds is 5. The molecule has 0 atom stereocenters. The van der Waals surface area contributed by atoms with Gasteiger partial charge in [0, 0.05) is 29.5 Å². The number of aryl methyl sites for hydroxylation is 2. The molecule has 3 aromatic carbocycles. The summed E-state index contributed by atoms with van der Waals surface area (Å²) in [6.45, 7) is 3.87. The van der Waals surface area contributed by atoms with Gasteiger partial charge in [-0.3, -0.25) is 0 Å². The highest BCUT2D eigenvalue weighted by atomic mass is 19.1. The molecule has 0 radical (unpaired) electrons. The van der Waals surface area contributed by atoms with Crippen molar-refractivity contribution in [3.05, 3.63) is 96.1 Å². The zero-order valence-corrected chi connectivity index (χ0v) is 17.6. The van der Waals surface area contributed by atoms with Gasteiger partial charge in [-0.25, -0.2) is 14.1 Å². The van der Waals surface area contributed by atoms with E-state index in [2.05, 4.69) is 20.4 Å². The fourth-order valence-corrected chi connectivity index (χ4v) is 3.51. The molecule has 2 aromatic heterocycles. The molecule has 0 saturated carbocycles. The van der Waals surface area contributed by atoms with E-state index in [0.717, 1.165) is 16.8 Å². The molecule has 0 amide bonds. The van der Waals surface area contributed by atoms with Crippen molar-refractivity contribution in [3.63, 3.8) is 0 Å². The molecule has 158 valence electrons. The van der Waals surface area contributed by atoms with E-state index in [0.29, 0.717) is 28.4 Å². The van der Waals surface area contributed by atoms with Crippen molar-refractivity contribution in [2.45, 2.75) is 13.8 Å². The van der Waals surface area contributed by atoms with E-state index < -0.39 is 5.82 Å². The van der Waals surface area contributed by atoms with E-state index in [1.807, 2.05) is 62.4 Å². The Morgan fingerprint density at radius 2 is 1.69 bits per heavy atom. The summed E-state index contributed by atoms with van der Waals surface area (Å²) >= 11 is 0. The average molecular weight is 425 g/mol. The molecule has 0 aliphatic rings. The number of hydrogen-bond donors (Lipinski definition) is 1. The molecule has 0 fully saturated rings. The van der Waals surface area contributed by atoms with Crippen LogP contribution in [0.1, 0.15) is 11.1 Å². The number of aromatic nitrogens is 4. The van der Waals surface area contributed by atoms with Gasteiger partial charge < -0.3 is 10.1 Å². The second-order valence-corrected chi connectivity index (χ2v) is 7.44. The van der Waals surface area contributed by atoms with Crippen LogP contribution >= 0.6 is 0 Å². The molecule has 0 spiro atoms. The lowest BCUT2D eigenvalue weighted by Crippen LogP contribution is -2.06. The van der Waals surface area contributed by atoms with E-state index in [1.165, 1.54) is 10.7 Å². The largest absolute Gasteiger partial charge is 0.454 e. The summed E-state index contributed by atoms with van der Waals surface area (Å²) in [5.74, 6) is 1.11. The first-order valence-corrected chi connectivity index (χ1v) is 10.2. The minimum atomic E-state index is -0.504. The molecular formula is C25H20FN5O. The van der Waals surface area contributed by atoms with E-state index in [9.17, 15) is 0 Å². The first-order valence-electron chi connectivity index (χ1n) is 10.2. The van der Waals surface area contributed by atoms with Crippen LogP contribution in [-0.4, -0.2) is 19.7 Å². The Labute approximate surface area is 184 Å². The summed E-state index contributed by atoms with van der Waals surface area (Å²) in [6, 6.07) is 20.2. The number of nitrogens with zero attached hydrogens (tertiary/aromatic N) is 4. The molecule has 0 bridgehead atoms. The van der Waals surface area contributed by atoms with Crippen LogP contribution in [0.5, 0.6) is 11.5 Å². The van der Waals surface area contributed by atoms with E-state index in [1.54, 1.807) is 24.5 Å². The van der Waals surface area contributed by atoms with Crippen LogP contribution in [0.4, 0.5) is 15.9 Å². The maximum atomic E-state index is 15.1. The van der Waals surface area contributed by atoms with Gasteiger partial charge in [0.05, 0.1) is 5.52 Å². The standard InChI is InChI=1S/C25H20FN5O/c1-16-8-6-9-17(2)23(16)32-22-14-19-21(15-20(22)26)29-25(31-13-7-12-27-31)30-24(19)28-18-10-4-3-5-11-18/h3-15H,1-2H3,(H,28,29,30). The fourth-order valence-electron chi connectivity index (χ4n) is 3.51. The van der Waals surface area contributed by atoms with Gasteiger partial charge in [-0.05, 0) is 49.2 Å². The summed E-state index contributed by atoms with van der Waals surface area (Å²) in [6.07, 6.45) is 3.38. The van der Waals surface area contributed by atoms with Crippen molar-refractivity contribution in [1.29, 1.82) is 0 Å². The minimum Gasteiger partial charge on any atom is -0.454 e. The van der Waals surface area contributed by atoms with Crippen LogP contribution < -0.4 is 10.1 Å². The smallest absolute Gasteiger partial charge is 0.253 e. The SMILES string of the molecule is Cc1cccc(C)c1Oc1cc2c(Nc3ccccc3)nc(-n3cccn3)nc2cc1F. The van der Waals surface area contributed by atoms with Gasteiger partial charge in [0.15, 0.2) is 11.6 Å². The highest BCUT2D eigenvalue weighted by molar-refractivity contribution is 5.92. The predicted octanol–water partition coefficient (Wildman–Crippen LogP) is 6.11. The Bertz CT molecular complexity index is 1380.